The summed E-state index contributed by atoms with van der Waals surface area (Å²) in [5.41, 5.74) is -0.654. The van der Waals surface area contributed by atoms with Crippen molar-refractivity contribution in [2.24, 2.45) is 0 Å². The molecule has 0 saturated carbocycles. The molecule has 0 saturated heterocycles. The molecule has 0 heterocycles. The summed E-state index contributed by atoms with van der Waals surface area (Å²) in [4.78, 5) is 20.6. The van der Waals surface area contributed by atoms with Crippen LogP contribution >= 0.6 is 0 Å². The van der Waals surface area contributed by atoms with Crippen molar-refractivity contribution in [2.45, 2.75) is 71.7 Å². The lowest BCUT2D eigenvalue weighted by atomic mass is 10.2. The van der Waals surface area contributed by atoms with Gasteiger partial charge in [0.15, 0.2) is 6.10 Å². The quantitative estimate of drug-likeness (QED) is 0.304. The summed E-state index contributed by atoms with van der Waals surface area (Å²) in [5, 5.41) is 0. The number of terminal acetylenes is 1. The van der Waals surface area contributed by atoms with Gasteiger partial charge in [-0.15, -0.1) is 6.42 Å². The van der Waals surface area contributed by atoms with Gasteiger partial charge < -0.3 is 0 Å². The van der Waals surface area contributed by atoms with E-state index in [4.69, 9.17) is 26.0 Å². The van der Waals surface area contributed by atoms with Crippen molar-refractivity contribution in [3.05, 3.63) is 0 Å². The summed E-state index contributed by atoms with van der Waals surface area (Å²) in [7, 11) is 0. The van der Waals surface area contributed by atoms with Crippen molar-refractivity contribution in [3.8, 4) is 12.3 Å². The van der Waals surface area contributed by atoms with Crippen molar-refractivity contribution in [2.75, 3.05) is 6.61 Å². The Morgan fingerprint density at radius 1 is 1.00 bits per heavy atom. The van der Waals surface area contributed by atoms with Crippen LogP contribution < -0.4 is 0 Å². The minimum Gasteiger partial charge on any atom is -0.236 e. The van der Waals surface area contributed by atoms with Crippen LogP contribution in [0, 0.1) is 12.3 Å². The Balaban J connectivity index is 3.67. The van der Waals surface area contributed by atoms with Crippen LogP contribution in [0.4, 0.5) is 0 Å². The Kier molecular flexibility index (Phi) is 7.49. The van der Waals surface area contributed by atoms with Crippen molar-refractivity contribution < 1.29 is 19.6 Å². The Morgan fingerprint density at radius 3 is 2.00 bits per heavy atom. The standard InChI is InChI=1S/C14H26O4/c1-8-12(16-18-14(5,6)7)10-9-11-15-17-13(2,3)4/h1,12H,9-11H2,2-7H3. The molecule has 1 unspecified atom stereocenters. The number of hydrogen-bond acceptors (Lipinski definition) is 4. The third-order valence-electron chi connectivity index (χ3n) is 1.60. The van der Waals surface area contributed by atoms with E-state index in [0.29, 0.717) is 13.0 Å². The third-order valence-corrected chi connectivity index (χ3v) is 1.60. The van der Waals surface area contributed by atoms with Crippen molar-refractivity contribution >= 4 is 0 Å². The lowest BCUT2D eigenvalue weighted by Gasteiger charge is -2.21. The maximum Gasteiger partial charge on any atom is 0.153 e. The molecule has 0 bridgehead atoms. The molecule has 106 valence electrons. The van der Waals surface area contributed by atoms with Gasteiger partial charge in [0.2, 0.25) is 0 Å². The van der Waals surface area contributed by atoms with Crippen molar-refractivity contribution in [1.82, 2.24) is 0 Å². The van der Waals surface area contributed by atoms with E-state index in [1.165, 1.54) is 0 Å². The average Bonchev–Trinajstić information content (AvgIpc) is 2.19. The molecule has 0 rings (SSSR count). The van der Waals surface area contributed by atoms with E-state index in [1.807, 2.05) is 41.5 Å². The lowest BCUT2D eigenvalue weighted by Crippen LogP contribution is -2.24. The fraction of sp³-hybridized carbons (Fsp3) is 0.857. The molecule has 0 radical (unpaired) electrons. The molecule has 18 heavy (non-hydrogen) atoms. The molecule has 4 nitrogen and oxygen atoms in total. The van der Waals surface area contributed by atoms with Crippen LogP contribution in [0.1, 0.15) is 54.4 Å². The smallest absolute Gasteiger partial charge is 0.153 e. The van der Waals surface area contributed by atoms with Gasteiger partial charge >= 0.3 is 0 Å². The van der Waals surface area contributed by atoms with Gasteiger partial charge in [0.1, 0.15) is 0 Å². The first-order valence-corrected chi connectivity index (χ1v) is 6.25. The molecule has 0 aromatic heterocycles. The second-order valence-corrected chi connectivity index (χ2v) is 6.11. The van der Waals surface area contributed by atoms with Crippen LogP contribution in [0.2, 0.25) is 0 Å². The molecule has 0 aliphatic heterocycles. The molecular formula is C14H26O4. The highest BCUT2D eigenvalue weighted by Gasteiger charge is 2.16. The van der Waals surface area contributed by atoms with Gasteiger partial charge in [-0.25, -0.2) is 19.6 Å². The molecule has 0 amide bonds. The predicted molar refractivity (Wildman–Crippen MR) is 70.6 cm³/mol. The molecule has 0 aromatic carbocycles. The van der Waals surface area contributed by atoms with Crippen LogP contribution in [0.25, 0.3) is 0 Å². The molecule has 0 spiro atoms. The fourth-order valence-electron chi connectivity index (χ4n) is 0.908. The summed E-state index contributed by atoms with van der Waals surface area (Å²) >= 11 is 0. The van der Waals surface area contributed by atoms with Gasteiger partial charge in [-0.3, -0.25) is 0 Å². The highest BCUT2D eigenvalue weighted by Crippen LogP contribution is 2.12. The topological polar surface area (TPSA) is 36.9 Å². The molecule has 0 aliphatic carbocycles. The summed E-state index contributed by atoms with van der Waals surface area (Å²) in [6.07, 6.45) is 6.42. The minimum atomic E-state index is -0.360. The Bertz CT molecular complexity index is 254. The average molecular weight is 258 g/mol. The minimum absolute atomic E-state index is 0.294. The van der Waals surface area contributed by atoms with Gasteiger partial charge in [-0.05, 0) is 54.4 Å². The monoisotopic (exact) mass is 258 g/mol. The Morgan fingerprint density at radius 2 is 1.56 bits per heavy atom. The zero-order valence-corrected chi connectivity index (χ0v) is 12.4. The predicted octanol–water partition coefficient (Wildman–Crippen LogP) is 3.26. The van der Waals surface area contributed by atoms with Gasteiger partial charge in [0.25, 0.3) is 0 Å². The summed E-state index contributed by atoms with van der Waals surface area (Å²) in [6.45, 7) is 12.0. The molecule has 0 fully saturated rings. The van der Waals surface area contributed by atoms with E-state index >= 15 is 0 Å². The SMILES string of the molecule is C#CC(CCCOOC(C)(C)C)OOC(C)(C)C. The summed E-state index contributed by atoms with van der Waals surface area (Å²) in [6, 6.07) is 0. The first-order valence-electron chi connectivity index (χ1n) is 6.25. The van der Waals surface area contributed by atoms with Gasteiger partial charge in [0.05, 0.1) is 17.8 Å². The maximum atomic E-state index is 5.36. The highest BCUT2D eigenvalue weighted by atomic mass is 17.2. The molecule has 0 N–H and O–H groups in total. The van der Waals surface area contributed by atoms with E-state index < -0.39 is 0 Å². The maximum absolute atomic E-state index is 5.36. The Labute approximate surface area is 111 Å². The summed E-state index contributed by atoms with van der Waals surface area (Å²) in [5.74, 6) is 2.54. The normalized spacial score (nSPS) is 14.3. The zero-order chi connectivity index (χ0) is 14.2. The first-order chi connectivity index (χ1) is 8.14. The molecule has 1 atom stereocenters. The van der Waals surface area contributed by atoms with Gasteiger partial charge in [-0.2, -0.15) is 0 Å². The number of hydrogen-bond donors (Lipinski definition) is 0. The first kappa shape index (κ1) is 17.4. The highest BCUT2D eigenvalue weighted by molar-refractivity contribution is 4.93. The van der Waals surface area contributed by atoms with Crippen LogP contribution in [0.3, 0.4) is 0 Å². The molecule has 4 heteroatoms. The van der Waals surface area contributed by atoms with Crippen LogP contribution in [0.5, 0.6) is 0 Å². The van der Waals surface area contributed by atoms with Gasteiger partial charge in [0, 0.05) is 0 Å². The molecular weight excluding hydrogens is 232 g/mol. The van der Waals surface area contributed by atoms with Crippen molar-refractivity contribution in [3.63, 3.8) is 0 Å². The van der Waals surface area contributed by atoms with E-state index in [0.717, 1.165) is 6.42 Å². The summed E-state index contributed by atoms with van der Waals surface area (Å²) < 4.78 is 0. The number of rotatable bonds is 7. The van der Waals surface area contributed by atoms with Crippen molar-refractivity contribution in [1.29, 1.82) is 0 Å². The second kappa shape index (κ2) is 7.75. The van der Waals surface area contributed by atoms with Crippen LogP contribution in [-0.2, 0) is 19.6 Å². The van der Waals surface area contributed by atoms with Gasteiger partial charge in [-0.1, -0.05) is 5.92 Å². The van der Waals surface area contributed by atoms with E-state index in [1.54, 1.807) is 0 Å². The third kappa shape index (κ3) is 11.9. The fourth-order valence-corrected chi connectivity index (χ4v) is 0.908. The van der Waals surface area contributed by atoms with E-state index in [-0.39, 0.29) is 17.3 Å². The molecule has 0 aromatic rings. The van der Waals surface area contributed by atoms with Crippen LogP contribution in [0.15, 0.2) is 0 Å². The molecule has 0 aliphatic rings. The van der Waals surface area contributed by atoms with E-state index in [2.05, 4.69) is 5.92 Å². The lowest BCUT2D eigenvalue weighted by molar-refractivity contribution is -0.366. The van der Waals surface area contributed by atoms with Crippen LogP contribution in [-0.4, -0.2) is 23.9 Å². The second-order valence-electron chi connectivity index (χ2n) is 6.11. The zero-order valence-electron chi connectivity index (χ0n) is 12.4. The van der Waals surface area contributed by atoms with E-state index in [9.17, 15) is 0 Å². The largest absolute Gasteiger partial charge is 0.236 e. The Hall–Kier alpha value is -0.600.